The lowest BCUT2D eigenvalue weighted by Crippen LogP contribution is -2.61. The number of carbonyl (C=O) groups excluding carboxylic acids is 2. The van der Waals surface area contributed by atoms with Crippen molar-refractivity contribution in [3.8, 4) is 0 Å². The van der Waals surface area contributed by atoms with Crippen LogP contribution in [0.15, 0.2) is 84.9 Å². The number of hydrogen-bond acceptors (Lipinski definition) is 4. The Kier molecular flexibility index (Phi) is 6.72. The highest BCUT2D eigenvalue weighted by Gasteiger charge is 2.36. The molecule has 3 aromatic carbocycles. The predicted octanol–water partition coefficient (Wildman–Crippen LogP) is 4.31. The van der Waals surface area contributed by atoms with Crippen LogP contribution in [0.5, 0.6) is 0 Å². The first-order valence-corrected chi connectivity index (χ1v) is 12.2. The summed E-state index contributed by atoms with van der Waals surface area (Å²) in [5.74, 6) is 0.259. The molecule has 5 nitrogen and oxygen atoms in total. The number of aldehydes is 1. The van der Waals surface area contributed by atoms with Gasteiger partial charge in [0.15, 0.2) is 0 Å². The van der Waals surface area contributed by atoms with Gasteiger partial charge in [0.2, 0.25) is 5.91 Å². The normalized spacial score (nSPS) is 17.4. The van der Waals surface area contributed by atoms with E-state index in [9.17, 15) is 9.59 Å². The molecule has 0 radical (unpaired) electrons. The molecular formula is C29H31N3O2. The Hall–Kier alpha value is -3.44. The van der Waals surface area contributed by atoms with Gasteiger partial charge < -0.3 is 10.2 Å². The van der Waals surface area contributed by atoms with Crippen molar-refractivity contribution in [3.05, 3.63) is 102 Å². The molecule has 5 heteroatoms. The van der Waals surface area contributed by atoms with E-state index in [4.69, 9.17) is 0 Å². The summed E-state index contributed by atoms with van der Waals surface area (Å²) in [5.41, 5.74) is 4.38. The van der Waals surface area contributed by atoms with Crippen molar-refractivity contribution in [2.45, 2.75) is 24.9 Å². The SMILES string of the molecule is O=Cc1ccc(N2CCC(C(=O)NC3CN(C(c4ccccc4)c4ccccc4)C3)CC2)cc1. The maximum absolute atomic E-state index is 13.0. The molecule has 0 saturated carbocycles. The molecule has 2 aliphatic heterocycles. The monoisotopic (exact) mass is 453 g/mol. The molecule has 0 aromatic heterocycles. The molecule has 1 amide bonds. The number of amides is 1. The molecule has 3 aromatic rings. The number of rotatable bonds is 7. The summed E-state index contributed by atoms with van der Waals surface area (Å²) >= 11 is 0. The van der Waals surface area contributed by atoms with Crippen LogP contribution in [0.3, 0.4) is 0 Å². The van der Waals surface area contributed by atoms with E-state index in [1.807, 2.05) is 24.3 Å². The molecule has 0 atom stereocenters. The van der Waals surface area contributed by atoms with E-state index >= 15 is 0 Å². The van der Waals surface area contributed by atoms with Gasteiger partial charge in [-0.1, -0.05) is 60.7 Å². The van der Waals surface area contributed by atoms with Gasteiger partial charge in [0, 0.05) is 43.3 Å². The van der Waals surface area contributed by atoms with Gasteiger partial charge in [-0.3, -0.25) is 14.5 Å². The van der Waals surface area contributed by atoms with E-state index in [1.165, 1.54) is 11.1 Å². The minimum absolute atomic E-state index is 0.0681. The second kappa shape index (κ2) is 10.2. The van der Waals surface area contributed by atoms with Crippen LogP contribution >= 0.6 is 0 Å². The third-order valence-corrected chi connectivity index (χ3v) is 7.11. The third kappa shape index (κ3) is 4.90. The summed E-state index contributed by atoms with van der Waals surface area (Å²) in [6, 6.07) is 29.3. The molecule has 2 fully saturated rings. The van der Waals surface area contributed by atoms with Crippen molar-refractivity contribution in [1.29, 1.82) is 0 Å². The molecule has 34 heavy (non-hydrogen) atoms. The average Bonchev–Trinajstić information content (AvgIpc) is 2.88. The molecule has 2 heterocycles. The first-order chi connectivity index (χ1) is 16.7. The lowest BCUT2D eigenvalue weighted by atomic mass is 9.92. The Morgan fingerprint density at radius 3 is 1.91 bits per heavy atom. The highest BCUT2D eigenvalue weighted by Crippen LogP contribution is 2.32. The van der Waals surface area contributed by atoms with Crippen LogP contribution in [0.25, 0.3) is 0 Å². The summed E-state index contributed by atoms with van der Waals surface area (Å²) in [4.78, 5) is 28.6. The van der Waals surface area contributed by atoms with Crippen LogP contribution in [0.4, 0.5) is 5.69 Å². The highest BCUT2D eigenvalue weighted by atomic mass is 16.2. The number of likely N-dealkylation sites (tertiary alicyclic amines) is 1. The molecule has 0 spiro atoms. The first-order valence-electron chi connectivity index (χ1n) is 12.2. The van der Waals surface area contributed by atoms with Crippen molar-refractivity contribution >= 4 is 17.9 Å². The fourth-order valence-electron chi connectivity index (χ4n) is 5.18. The van der Waals surface area contributed by atoms with Gasteiger partial charge in [-0.2, -0.15) is 0 Å². The second-order valence-corrected chi connectivity index (χ2v) is 9.35. The smallest absolute Gasteiger partial charge is 0.223 e. The Morgan fingerprint density at radius 1 is 0.824 bits per heavy atom. The van der Waals surface area contributed by atoms with Gasteiger partial charge in [-0.05, 0) is 48.2 Å². The summed E-state index contributed by atoms with van der Waals surface area (Å²) in [5, 5.41) is 3.31. The van der Waals surface area contributed by atoms with E-state index < -0.39 is 0 Å². The predicted molar refractivity (Wildman–Crippen MR) is 135 cm³/mol. The molecule has 0 unspecified atom stereocenters. The minimum atomic E-state index is 0.0681. The van der Waals surface area contributed by atoms with E-state index in [1.54, 1.807) is 0 Å². The van der Waals surface area contributed by atoms with Crippen LogP contribution in [0.2, 0.25) is 0 Å². The number of hydrogen-bond donors (Lipinski definition) is 1. The topological polar surface area (TPSA) is 52.7 Å². The van der Waals surface area contributed by atoms with Gasteiger partial charge in [0.05, 0.1) is 12.1 Å². The van der Waals surface area contributed by atoms with Crippen LogP contribution < -0.4 is 10.2 Å². The Balaban J connectivity index is 1.14. The number of carbonyl (C=O) groups is 2. The fraction of sp³-hybridized carbons (Fsp3) is 0.310. The summed E-state index contributed by atoms with van der Waals surface area (Å²) in [6.07, 6.45) is 2.58. The number of piperidine rings is 1. The maximum Gasteiger partial charge on any atom is 0.223 e. The molecule has 174 valence electrons. The number of nitrogens with zero attached hydrogens (tertiary/aromatic N) is 2. The standard InChI is InChI=1S/C29H31N3O2/c33-21-22-11-13-27(14-12-22)31-17-15-25(16-18-31)29(34)30-26-19-32(20-26)28(23-7-3-1-4-8-23)24-9-5-2-6-10-24/h1-14,21,25-26,28H,15-20H2,(H,30,34). The van der Waals surface area contributed by atoms with Gasteiger partial charge in [0.1, 0.15) is 6.29 Å². The van der Waals surface area contributed by atoms with Crippen LogP contribution in [0.1, 0.15) is 40.4 Å². The van der Waals surface area contributed by atoms with Gasteiger partial charge >= 0.3 is 0 Å². The van der Waals surface area contributed by atoms with Crippen molar-refractivity contribution in [1.82, 2.24) is 10.2 Å². The number of nitrogens with one attached hydrogen (secondary N) is 1. The molecule has 1 N–H and O–H groups in total. The minimum Gasteiger partial charge on any atom is -0.371 e. The number of anilines is 1. The van der Waals surface area contributed by atoms with Crippen LogP contribution in [0, 0.1) is 5.92 Å². The summed E-state index contributed by atoms with van der Waals surface area (Å²) in [6.45, 7) is 3.45. The summed E-state index contributed by atoms with van der Waals surface area (Å²) in [7, 11) is 0. The molecular weight excluding hydrogens is 422 g/mol. The van der Waals surface area contributed by atoms with Gasteiger partial charge in [0.25, 0.3) is 0 Å². The molecule has 0 aliphatic carbocycles. The average molecular weight is 454 g/mol. The first kappa shape index (κ1) is 22.4. The largest absolute Gasteiger partial charge is 0.371 e. The molecule has 2 aliphatic rings. The van der Waals surface area contributed by atoms with E-state index in [0.29, 0.717) is 5.56 Å². The van der Waals surface area contributed by atoms with Gasteiger partial charge in [-0.15, -0.1) is 0 Å². The zero-order valence-electron chi connectivity index (χ0n) is 19.3. The van der Waals surface area contributed by atoms with Crippen LogP contribution in [-0.2, 0) is 4.79 Å². The zero-order chi connectivity index (χ0) is 23.3. The Labute approximate surface area is 201 Å². The van der Waals surface area contributed by atoms with Crippen LogP contribution in [-0.4, -0.2) is 49.3 Å². The number of benzene rings is 3. The Morgan fingerprint density at radius 2 is 1.38 bits per heavy atom. The van der Waals surface area contributed by atoms with Crippen molar-refractivity contribution in [3.63, 3.8) is 0 Å². The maximum atomic E-state index is 13.0. The Bertz CT molecular complexity index is 1050. The fourth-order valence-corrected chi connectivity index (χ4v) is 5.18. The highest BCUT2D eigenvalue weighted by molar-refractivity contribution is 5.79. The van der Waals surface area contributed by atoms with E-state index in [2.05, 4.69) is 75.8 Å². The molecule has 2 saturated heterocycles. The van der Waals surface area contributed by atoms with Crippen molar-refractivity contribution < 1.29 is 9.59 Å². The second-order valence-electron chi connectivity index (χ2n) is 9.35. The van der Waals surface area contributed by atoms with E-state index in [-0.39, 0.29) is 23.9 Å². The quantitative estimate of drug-likeness (QED) is 0.542. The lowest BCUT2D eigenvalue weighted by molar-refractivity contribution is -0.127. The molecule has 0 bridgehead atoms. The van der Waals surface area contributed by atoms with Crippen molar-refractivity contribution in [2.24, 2.45) is 5.92 Å². The van der Waals surface area contributed by atoms with Crippen molar-refractivity contribution in [2.75, 3.05) is 31.1 Å². The zero-order valence-corrected chi connectivity index (χ0v) is 19.3. The summed E-state index contributed by atoms with van der Waals surface area (Å²) < 4.78 is 0. The lowest BCUT2D eigenvalue weighted by Gasteiger charge is -2.45. The van der Waals surface area contributed by atoms with Gasteiger partial charge in [-0.25, -0.2) is 0 Å². The third-order valence-electron chi connectivity index (χ3n) is 7.11. The molecule has 5 rings (SSSR count). The van der Waals surface area contributed by atoms with E-state index in [0.717, 1.165) is 51.0 Å².